The average Bonchev–Trinajstić information content (AvgIpc) is 2.86. The fraction of sp³-hybridized carbons (Fsp3) is 0.250. The molecule has 0 atom stereocenters. The van der Waals surface area contributed by atoms with Gasteiger partial charge in [0.2, 0.25) is 0 Å². The molecule has 0 bridgehead atoms. The molecule has 1 nitrogen and oxygen atoms in total. The van der Waals surface area contributed by atoms with Crippen LogP contribution in [0.4, 0.5) is 5.69 Å². The lowest BCUT2D eigenvalue weighted by Crippen LogP contribution is -2.11. The Morgan fingerprint density at radius 2 is 1.88 bits per heavy atom. The number of allylic oxidation sites excluding steroid dienone is 1. The first-order valence-electron chi connectivity index (χ1n) is 6.40. The van der Waals surface area contributed by atoms with Crippen LogP contribution >= 0.6 is 0 Å². The minimum Gasteiger partial charge on any atom is -0.381 e. The van der Waals surface area contributed by atoms with Crippen LogP contribution in [0, 0.1) is 0 Å². The number of rotatable bonds is 0. The highest BCUT2D eigenvalue weighted by Gasteiger charge is 2.23. The maximum absolute atomic E-state index is 3.57. The summed E-state index contributed by atoms with van der Waals surface area (Å²) in [6, 6.07) is 13.2. The maximum atomic E-state index is 3.57. The first-order valence-corrected chi connectivity index (χ1v) is 6.40. The van der Waals surface area contributed by atoms with Crippen LogP contribution in [-0.2, 0) is 0 Å². The van der Waals surface area contributed by atoms with E-state index >= 15 is 0 Å². The van der Waals surface area contributed by atoms with Gasteiger partial charge in [0.1, 0.15) is 0 Å². The highest BCUT2D eigenvalue weighted by Crippen LogP contribution is 2.43. The van der Waals surface area contributed by atoms with Gasteiger partial charge < -0.3 is 5.32 Å². The van der Waals surface area contributed by atoms with Crippen LogP contribution in [0.2, 0.25) is 0 Å². The van der Waals surface area contributed by atoms with Crippen molar-refractivity contribution in [2.45, 2.75) is 19.3 Å². The summed E-state index contributed by atoms with van der Waals surface area (Å²) in [6.07, 6.45) is 3.87. The second-order valence-electron chi connectivity index (χ2n) is 5.00. The molecule has 2 aliphatic rings. The third-order valence-corrected chi connectivity index (χ3v) is 4.06. The van der Waals surface area contributed by atoms with Crippen molar-refractivity contribution in [1.82, 2.24) is 0 Å². The molecule has 17 heavy (non-hydrogen) atoms. The fourth-order valence-corrected chi connectivity index (χ4v) is 3.25. The minimum absolute atomic E-state index is 1.06. The summed E-state index contributed by atoms with van der Waals surface area (Å²) in [4.78, 5) is 0. The van der Waals surface area contributed by atoms with Crippen LogP contribution in [0.5, 0.6) is 0 Å². The van der Waals surface area contributed by atoms with Gasteiger partial charge in [-0.2, -0.15) is 0 Å². The van der Waals surface area contributed by atoms with Gasteiger partial charge in [0.05, 0.1) is 0 Å². The Labute approximate surface area is 101 Å². The molecule has 0 saturated heterocycles. The topological polar surface area (TPSA) is 12.0 Å². The molecular weight excluding hydrogens is 206 g/mol. The fourth-order valence-electron chi connectivity index (χ4n) is 3.25. The molecule has 0 saturated carbocycles. The Hall–Kier alpha value is -1.76. The highest BCUT2D eigenvalue weighted by molar-refractivity contribution is 6.01. The molecule has 0 unspecified atom stereocenters. The Morgan fingerprint density at radius 1 is 0.941 bits per heavy atom. The van der Waals surface area contributed by atoms with Crippen molar-refractivity contribution in [2.75, 3.05) is 11.9 Å². The van der Waals surface area contributed by atoms with Crippen molar-refractivity contribution >= 4 is 22.0 Å². The van der Waals surface area contributed by atoms with Gasteiger partial charge >= 0.3 is 0 Å². The van der Waals surface area contributed by atoms with E-state index in [4.69, 9.17) is 0 Å². The van der Waals surface area contributed by atoms with E-state index in [1.54, 1.807) is 11.1 Å². The zero-order valence-corrected chi connectivity index (χ0v) is 9.79. The summed E-state index contributed by atoms with van der Waals surface area (Å²) in [7, 11) is 0. The molecule has 1 heterocycles. The van der Waals surface area contributed by atoms with Gasteiger partial charge in [0.15, 0.2) is 0 Å². The van der Waals surface area contributed by atoms with E-state index in [0.29, 0.717) is 0 Å². The van der Waals surface area contributed by atoms with Crippen molar-refractivity contribution in [3.05, 3.63) is 47.5 Å². The highest BCUT2D eigenvalue weighted by atomic mass is 14.9. The Morgan fingerprint density at radius 3 is 2.88 bits per heavy atom. The Bertz CT molecular complexity index is 637. The van der Waals surface area contributed by atoms with Crippen LogP contribution < -0.4 is 5.32 Å². The minimum atomic E-state index is 1.06. The largest absolute Gasteiger partial charge is 0.381 e. The average molecular weight is 221 g/mol. The zero-order valence-electron chi connectivity index (χ0n) is 9.79. The first kappa shape index (κ1) is 9.29. The van der Waals surface area contributed by atoms with Crippen LogP contribution in [0.3, 0.4) is 0 Å². The molecule has 4 rings (SSSR count). The predicted octanol–water partition coefficient (Wildman–Crippen LogP) is 4.20. The quantitative estimate of drug-likeness (QED) is 0.703. The van der Waals surface area contributed by atoms with E-state index in [9.17, 15) is 0 Å². The molecule has 1 aliphatic heterocycles. The van der Waals surface area contributed by atoms with Gasteiger partial charge in [0.25, 0.3) is 0 Å². The summed E-state index contributed by atoms with van der Waals surface area (Å²) in [5, 5.41) is 6.33. The summed E-state index contributed by atoms with van der Waals surface area (Å²) >= 11 is 0. The molecule has 0 spiro atoms. The van der Waals surface area contributed by atoms with E-state index in [2.05, 4.69) is 41.7 Å². The van der Waals surface area contributed by atoms with Gasteiger partial charge in [-0.25, -0.2) is 0 Å². The normalized spacial score (nSPS) is 17.9. The molecule has 2 aromatic carbocycles. The van der Waals surface area contributed by atoms with E-state index in [0.717, 1.165) is 6.54 Å². The standard InChI is InChI=1S/C16H15N/c1-2-6-13-11(4-1)8-9-15-16(13)14-7-3-5-12(14)10-17-15/h1-2,4,6,8-9,17H,3,5,7,10H2. The van der Waals surface area contributed by atoms with Crippen molar-refractivity contribution in [3.63, 3.8) is 0 Å². The van der Waals surface area contributed by atoms with Crippen molar-refractivity contribution in [2.24, 2.45) is 0 Å². The molecule has 84 valence electrons. The number of benzene rings is 2. The SMILES string of the molecule is c1ccc2c3c(ccc2c1)NCC1=C3CCC1. The summed E-state index contributed by atoms with van der Waals surface area (Å²) in [5.41, 5.74) is 6.05. The lowest BCUT2D eigenvalue weighted by atomic mass is 9.91. The molecule has 2 aromatic rings. The number of anilines is 1. The van der Waals surface area contributed by atoms with Crippen LogP contribution in [0.25, 0.3) is 16.3 Å². The first-order chi connectivity index (χ1) is 8.43. The molecular formula is C16H15N. The molecule has 0 amide bonds. The molecule has 0 fully saturated rings. The maximum Gasteiger partial charge on any atom is 0.0425 e. The van der Waals surface area contributed by atoms with E-state index in [-0.39, 0.29) is 0 Å². The van der Waals surface area contributed by atoms with Gasteiger partial charge in [-0.15, -0.1) is 0 Å². The van der Waals surface area contributed by atoms with E-state index in [1.165, 1.54) is 41.3 Å². The second-order valence-corrected chi connectivity index (χ2v) is 5.00. The number of hydrogen-bond donors (Lipinski definition) is 1. The van der Waals surface area contributed by atoms with Gasteiger partial charge in [-0.1, -0.05) is 30.3 Å². The monoisotopic (exact) mass is 221 g/mol. The molecule has 1 N–H and O–H groups in total. The van der Waals surface area contributed by atoms with Crippen LogP contribution in [0.15, 0.2) is 42.0 Å². The van der Waals surface area contributed by atoms with Crippen molar-refractivity contribution in [1.29, 1.82) is 0 Å². The van der Waals surface area contributed by atoms with Gasteiger partial charge in [-0.3, -0.25) is 0 Å². The van der Waals surface area contributed by atoms with Gasteiger partial charge in [-0.05, 0) is 47.2 Å². The van der Waals surface area contributed by atoms with E-state index < -0.39 is 0 Å². The Kier molecular flexibility index (Phi) is 1.84. The smallest absolute Gasteiger partial charge is 0.0425 e. The number of fused-ring (bicyclic) bond motifs is 4. The molecule has 0 radical (unpaired) electrons. The van der Waals surface area contributed by atoms with Crippen LogP contribution in [0.1, 0.15) is 24.8 Å². The zero-order chi connectivity index (χ0) is 11.2. The number of nitrogens with one attached hydrogen (secondary N) is 1. The third-order valence-electron chi connectivity index (χ3n) is 4.06. The molecule has 0 aromatic heterocycles. The van der Waals surface area contributed by atoms with Crippen molar-refractivity contribution in [3.8, 4) is 0 Å². The summed E-state index contributed by atoms with van der Waals surface area (Å²) < 4.78 is 0. The molecule has 1 heteroatoms. The third kappa shape index (κ3) is 1.25. The molecule has 1 aliphatic carbocycles. The summed E-state index contributed by atoms with van der Waals surface area (Å²) in [6.45, 7) is 1.06. The summed E-state index contributed by atoms with van der Waals surface area (Å²) in [5.74, 6) is 0. The van der Waals surface area contributed by atoms with Crippen LogP contribution in [-0.4, -0.2) is 6.54 Å². The second kappa shape index (κ2) is 3.36. The van der Waals surface area contributed by atoms with Crippen molar-refractivity contribution < 1.29 is 0 Å². The lowest BCUT2D eigenvalue weighted by Gasteiger charge is -2.22. The Balaban J connectivity index is 2.10. The number of hydrogen-bond acceptors (Lipinski definition) is 1. The lowest BCUT2D eigenvalue weighted by molar-refractivity contribution is 0.902. The van der Waals surface area contributed by atoms with Gasteiger partial charge in [0, 0.05) is 17.8 Å². The predicted molar refractivity (Wildman–Crippen MR) is 73.2 cm³/mol. The van der Waals surface area contributed by atoms with E-state index in [1.807, 2.05) is 0 Å².